The Kier molecular flexibility index (Phi) is 10.6. The minimum atomic E-state index is -4.48. The maximum absolute atomic E-state index is 13.7. The first-order chi connectivity index (χ1) is 13.8. The first kappa shape index (κ1) is 26.2. The van der Waals surface area contributed by atoms with Crippen molar-refractivity contribution in [2.45, 2.75) is 39.9 Å². The fraction of sp³-hybridized carbons (Fsp3) is 0.500. The number of methoxy groups -OCH3 is 1. The van der Waals surface area contributed by atoms with Gasteiger partial charge in [0.2, 0.25) is 0 Å². The molecule has 0 saturated heterocycles. The first-order valence-corrected chi connectivity index (χ1v) is 9.51. The number of alkyl halides is 3. The Morgan fingerprint density at radius 2 is 1.93 bits per heavy atom. The SMILES string of the molecule is CCNC(=NCc1ccc(-n2nc(C)cc2C)cc1C(F)(F)F)NCCCOC.I. The topological polar surface area (TPSA) is 63.5 Å². The molecule has 6 nitrogen and oxygen atoms in total. The molecule has 168 valence electrons. The fourth-order valence-electron chi connectivity index (χ4n) is 2.92. The van der Waals surface area contributed by atoms with Gasteiger partial charge in [-0.2, -0.15) is 18.3 Å². The third-order valence-electron chi connectivity index (χ3n) is 4.22. The van der Waals surface area contributed by atoms with E-state index in [2.05, 4.69) is 20.7 Å². The number of hydrogen-bond donors (Lipinski definition) is 2. The number of aromatic nitrogens is 2. The third-order valence-corrected chi connectivity index (χ3v) is 4.22. The molecule has 2 aromatic rings. The molecule has 0 aliphatic carbocycles. The molecule has 10 heteroatoms. The third kappa shape index (κ3) is 7.46. The van der Waals surface area contributed by atoms with Gasteiger partial charge in [0, 0.05) is 32.5 Å². The molecular weight excluding hydrogens is 510 g/mol. The molecule has 0 amide bonds. The summed E-state index contributed by atoms with van der Waals surface area (Å²) in [6.07, 6.45) is -3.72. The summed E-state index contributed by atoms with van der Waals surface area (Å²) >= 11 is 0. The Bertz CT molecular complexity index is 836. The number of benzene rings is 1. The second-order valence-electron chi connectivity index (χ2n) is 6.65. The number of aryl methyl sites for hydroxylation is 2. The van der Waals surface area contributed by atoms with Crippen LogP contribution in [0.25, 0.3) is 5.69 Å². The Morgan fingerprint density at radius 1 is 1.20 bits per heavy atom. The van der Waals surface area contributed by atoms with Crippen LogP contribution in [0.15, 0.2) is 29.3 Å². The van der Waals surface area contributed by atoms with Gasteiger partial charge in [0.05, 0.1) is 23.5 Å². The van der Waals surface area contributed by atoms with Crippen LogP contribution in [-0.2, 0) is 17.5 Å². The zero-order valence-electron chi connectivity index (χ0n) is 17.6. The van der Waals surface area contributed by atoms with Gasteiger partial charge in [-0.3, -0.25) is 0 Å². The molecule has 0 aliphatic heterocycles. The Hall–Kier alpha value is -1.82. The molecule has 2 rings (SSSR count). The van der Waals surface area contributed by atoms with Crippen molar-refractivity contribution in [2.75, 3.05) is 26.8 Å². The van der Waals surface area contributed by atoms with E-state index in [1.807, 2.05) is 19.9 Å². The van der Waals surface area contributed by atoms with E-state index in [9.17, 15) is 13.2 Å². The van der Waals surface area contributed by atoms with E-state index >= 15 is 0 Å². The Balaban J connectivity index is 0.00000450. The van der Waals surface area contributed by atoms with Gasteiger partial charge in [-0.15, -0.1) is 24.0 Å². The van der Waals surface area contributed by atoms with Crippen LogP contribution in [0.1, 0.15) is 35.9 Å². The lowest BCUT2D eigenvalue weighted by atomic mass is 10.1. The van der Waals surface area contributed by atoms with Crippen molar-refractivity contribution in [3.8, 4) is 5.69 Å². The second kappa shape index (κ2) is 12.1. The summed E-state index contributed by atoms with van der Waals surface area (Å²) in [5.41, 5.74) is 1.30. The smallest absolute Gasteiger partial charge is 0.385 e. The summed E-state index contributed by atoms with van der Waals surface area (Å²) in [5.74, 6) is 0.472. The van der Waals surface area contributed by atoms with E-state index in [1.54, 1.807) is 20.1 Å². The zero-order chi connectivity index (χ0) is 21.4. The lowest BCUT2D eigenvalue weighted by Gasteiger charge is -2.15. The number of nitrogens with one attached hydrogen (secondary N) is 2. The second-order valence-corrected chi connectivity index (χ2v) is 6.65. The predicted molar refractivity (Wildman–Crippen MR) is 123 cm³/mol. The van der Waals surface area contributed by atoms with Crippen molar-refractivity contribution in [3.63, 3.8) is 0 Å². The van der Waals surface area contributed by atoms with Gasteiger partial charge in [0.15, 0.2) is 5.96 Å². The Morgan fingerprint density at radius 3 is 2.50 bits per heavy atom. The van der Waals surface area contributed by atoms with Crippen molar-refractivity contribution >= 4 is 29.9 Å². The minimum absolute atomic E-state index is 0. The molecule has 1 aromatic heterocycles. The summed E-state index contributed by atoms with van der Waals surface area (Å²) in [5, 5.41) is 10.4. The maximum Gasteiger partial charge on any atom is 0.416 e. The molecule has 30 heavy (non-hydrogen) atoms. The molecule has 0 saturated carbocycles. The number of nitrogens with zero attached hydrogens (tertiary/aromatic N) is 3. The van der Waals surface area contributed by atoms with Crippen LogP contribution in [0.3, 0.4) is 0 Å². The van der Waals surface area contributed by atoms with E-state index in [-0.39, 0.29) is 36.1 Å². The van der Waals surface area contributed by atoms with Gasteiger partial charge in [0.25, 0.3) is 0 Å². The summed E-state index contributed by atoms with van der Waals surface area (Å²) in [6.45, 7) is 7.24. The van der Waals surface area contributed by atoms with Crippen molar-refractivity contribution in [3.05, 3.63) is 46.8 Å². The maximum atomic E-state index is 13.7. The number of hydrogen-bond acceptors (Lipinski definition) is 3. The molecule has 0 aliphatic rings. The van der Waals surface area contributed by atoms with Gasteiger partial charge < -0.3 is 15.4 Å². The van der Waals surface area contributed by atoms with Crippen LogP contribution in [0.5, 0.6) is 0 Å². The van der Waals surface area contributed by atoms with Gasteiger partial charge in [-0.1, -0.05) is 6.07 Å². The molecule has 1 heterocycles. The molecule has 2 N–H and O–H groups in total. The monoisotopic (exact) mass is 539 g/mol. The molecule has 0 atom stereocenters. The zero-order valence-corrected chi connectivity index (χ0v) is 20.0. The van der Waals surface area contributed by atoms with Crippen LogP contribution in [0.4, 0.5) is 13.2 Å². The average Bonchev–Trinajstić information content (AvgIpc) is 3.00. The highest BCUT2D eigenvalue weighted by molar-refractivity contribution is 14.0. The van der Waals surface area contributed by atoms with E-state index < -0.39 is 11.7 Å². The van der Waals surface area contributed by atoms with Crippen molar-refractivity contribution in [2.24, 2.45) is 4.99 Å². The average molecular weight is 539 g/mol. The Labute approximate surface area is 192 Å². The van der Waals surface area contributed by atoms with Gasteiger partial charge in [-0.25, -0.2) is 9.67 Å². The lowest BCUT2D eigenvalue weighted by Crippen LogP contribution is -2.38. The van der Waals surface area contributed by atoms with Crippen LogP contribution in [0.2, 0.25) is 0 Å². The molecule has 0 unspecified atom stereocenters. The number of ether oxygens (including phenoxy) is 1. The van der Waals surface area contributed by atoms with Gasteiger partial charge in [0.1, 0.15) is 0 Å². The summed E-state index contributed by atoms with van der Waals surface area (Å²) in [7, 11) is 1.62. The number of guanidine groups is 1. The lowest BCUT2D eigenvalue weighted by molar-refractivity contribution is -0.138. The minimum Gasteiger partial charge on any atom is -0.385 e. The standard InChI is InChI=1S/C20H28F3N5O.HI/c1-5-24-19(25-9-6-10-29-4)26-13-16-7-8-17(12-18(16)20(21,22)23)28-15(3)11-14(2)27-28;/h7-8,11-12H,5-6,9-10,13H2,1-4H3,(H2,24,25,26);1H. The van der Waals surface area contributed by atoms with E-state index in [0.717, 1.165) is 23.9 Å². The number of aliphatic imine (C=N–C) groups is 1. The summed E-state index contributed by atoms with van der Waals surface area (Å²) < 4.78 is 47.6. The van der Waals surface area contributed by atoms with Gasteiger partial charge in [-0.05, 0) is 51.0 Å². The highest BCUT2D eigenvalue weighted by Crippen LogP contribution is 2.34. The van der Waals surface area contributed by atoms with Crippen LogP contribution < -0.4 is 10.6 Å². The van der Waals surface area contributed by atoms with E-state index in [4.69, 9.17) is 4.74 Å². The first-order valence-electron chi connectivity index (χ1n) is 9.51. The molecule has 0 spiro atoms. The normalized spacial score (nSPS) is 11.9. The van der Waals surface area contributed by atoms with Crippen LogP contribution in [-0.4, -0.2) is 42.5 Å². The molecule has 0 fully saturated rings. The quantitative estimate of drug-likeness (QED) is 0.228. The molecular formula is C20H29F3IN5O. The van der Waals surface area contributed by atoms with Crippen molar-refractivity contribution in [1.29, 1.82) is 0 Å². The summed E-state index contributed by atoms with van der Waals surface area (Å²) in [6, 6.07) is 6.05. The predicted octanol–water partition coefficient (Wildman–Crippen LogP) is 4.22. The highest BCUT2D eigenvalue weighted by atomic mass is 127. The van der Waals surface area contributed by atoms with Gasteiger partial charge >= 0.3 is 6.18 Å². The van der Waals surface area contributed by atoms with E-state index in [0.29, 0.717) is 31.3 Å². The van der Waals surface area contributed by atoms with Crippen molar-refractivity contribution in [1.82, 2.24) is 20.4 Å². The fourth-order valence-corrected chi connectivity index (χ4v) is 2.92. The molecule has 0 bridgehead atoms. The molecule has 0 radical (unpaired) electrons. The van der Waals surface area contributed by atoms with Crippen molar-refractivity contribution < 1.29 is 17.9 Å². The number of halogens is 4. The largest absolute Gasteiger partial charge is 0.416 e. The molecule has 1 aromatic carbocycles. The number of rotatable bonds is 8. The van der Waals surface area contributed by atoms with Crippen LogP contribution in [0, 0.1) is 13.8 Å². The van der Waals surface area contributed by atoms with E-state index in [1.165, 1.54) is 10.7 Å². The highest BCUT2D eigenvalue weighted by Gasteiger charge is 2.33. The summed E-state index contributed by atoms with van der Waals surface area (Å²) in [4.78, 5) is 4.31. The van der Waals surface area contributed by atoms with Crippen LogP contribution >= 0.6 is 24.0 Å².